The van der Waals surface area contributed by atoms with Crippen LogP contribution in [0.25, 0.3) is 0 Å². The molecule has 0 aliphatic carbocycles. The lowest BCUT2D eigenvalue weighted by molar-refractivity contribution is 0.0946. The summed E-state index contributed by atoms with van der Waals surface area (Å²) < 4.78 is 11.0. The number of furan rings is 1. The van der Waals surface area contributed by atoms with Crippen LogP contribution in [0, 0.1) is 6.92 Å². The molecular weight excluding hydrogens is 408 g/mol. The SMILES string of the molecule is COc1ccc(N2CCN(CCNC(=O)c3c(C)oc4c3C3=NCCN3C=N4)CC2)cc1. The highest BCUT2D eigenvalue weighted by Crippen LogP contribution is 2.34. The molecule has 3 aliphatic heterocycles. The van der Waals surface area contributed by atoms with Crippen molar-refractivity contribution >= 4 is 29.7 Å². The summed E-state index contributed by atoms with van der Waals surface area (Å²) in [6.07, 6.45) is 1.73. The molecule has 4 heterocycles. The number of anilines is 1. The number of nitrogens with zero attached hydrogens (tertiary/aromatic N) is 5. The number of hydrogen-bond acceptors (Lipinski definition) is 8. The first-order chi connectivity index (χ1) is 15.6. The van der Waals surface area contributed by atoms with Crippen molar-refractivity contribution in [3.05, 3.63) is 41.2 Å². The number of hydrogen-bond donors (Lipinski definition) is 1. The molecule has 1 fully saturated rings. The highest BCUT2D eigenvalue weighted by molar-refractivity contribution is 6.17. The summed E-state index contributed by atoms with van der Waals surface area (Å²) in [6.45, 7) is 8.53. The number of benzene rings is 1. The van der Waals surface area contributed by atoms with E-state index in [1.54, 1.807) is 20.4 Å². The quantitative estimate of drug-likeness (QED) is 0.744. The topological polar surface area (TPSA) is 85.9 Å². The van der Waals surface area contributed by atoms with Crippen LogP contribution in [0.15, 0.2) is 38.7 Å². The number of methoxy groups -OCH3 is 1. The summed E-state index contributed by atoms with van der Waals surface area (Å²) in [6, 6.07) is 8.19. The molecular formula is C23H28N6O3. The lowest BCUT2D eigenvalue weighted by atomic mass is 10.1. The number of piperazine rings is 1. The summed E-state index contributed by atoms with van der Waals surface area (Å²) in [5, 5.41) is 3.07. The van der Waals surface area contributed by atoms with Gasteiger partial charge < -0.3 is 24.3 Å². The fourth-order valence-electron chi connectivity index (χ4n) is 4.46. The third-order valence-corrected chi connectivity index (χ3v) is 6.23. The maximum atomic E-state index is 13.0. The van der Waals surface area contributed by atoms with Crippen molar-refractivity contribution in [2.45, 2.75) is 6.92 Å². The van der Waals surface area contributed by atoms with Gasteiger partial charge in [-0.15, -0.1) is 0 Å². The van der Waals surface area contributed by atoms with Gasteiger partial charge in [-0.05, 0) is 31.2 Å². The number of amidine groups is 1. The van der Waals surface area contributed by atoms with Crippen molar-refractivity contribution in [3.8, 4) is 5.75 Å². The van der Waals surface area contributed by atoms with Crippen molar-refractivity contribution in [3.63, 3.8) is 0 Å². The number of carbonyl (C=O) groups is 1. The molecule has 0 radical (unpaired) electrons. The Bertz CT molecular complexity index is 1050. The molecule has 3 aliphatic rings. The van der Waals surface area contributed by atoms with E-state index in [0.29, 0.717) is 35.9 Å². The molecule has 1 saturated heterocycles. The van der Waals surface area contributed by atoms with Crippen LogP contribution < -0.4 is 15.0 Å². The zero-order valence-corrected chi connectivity index (χ0v) is 18.5. The van der Waals surface area contributed by atoms with E-state index in [1.165, 1.54) is 5.69 Å². The smallest absolute Gasteiger partial charge is 0.255 e. The second-order valence-corrected chi connectivity index (χ2v) is 8.14. The number of rotatable bonds is 6. The third-order valence-electron chi connectivity index (χ3n) is 6.23. The van der Waals surface area contributed by atoms with E-state index in [2.05, 4.69) is 37.2 Å². The second-order valence-electron chi connectivity index (χ2n) is 8.14. The predicted molar refractivity (Wildman–Crippen MR) is 124 cm³/mol. The van der Waals surface area contributed by atoms with Gasteiger partial charge in [-0.25, -0.2) is 4.99 Å². The van der Waals surface area contributed by atoms with Crippen LogP contribution in [0.3, 0.4) is 0 Å². The molecule has 5 rings (SSSR count). The van der Waals surface area contributed by atoms with E-state index in [9.17, 15) is 4.79 Å². The molecule has 2 aromatic rings. The van der Waals surface area contributed by atoms with Crippen LogP contribution in [0.2, 0.25) is 0 Å². The van der Waals surface area contributed by atoms with Crippen molar-refractivity contribution in [1.29, 1.82) is 0 Å². The third kappa shape index (κ3) is 3.84. The molecule has 1 aromatic heterocycles. The van der Waals surface area contributed by atoms with Crippen molar-refractivity contribution < 1.29 is 13.9 Å². The molecule has 32 heavy (non-hydrogen) atoms. The monoisotopic (exact) mass is 436 g/mol. The van der Waals surface area contributed by atoms with E-state index >= 15 is 0 Å². The summed E-state index contributed by atoms with van der Waals surface area (Å²) in [5.41, 5.74) is 2.48. The van der Waals surface area contributed by atoms with Crippen molar-refractivity contribution in [2.75, 3.05) is 64.4 Å². The minimum Gasteiger partial charge on any atom is -0.497 e. The minimum absolute atomic E-state index is 0.129. The number of fused-ring (bicyclic) bond motifs is 3. The van der Waals surface area contributed by atoms with Gasteiger partial charge in [0.1, 0.15) is 23.7 Å². The summed E-state index contributed by atoms with van der Waals surface area (Å²) in [5.74, 6) is 2.58. The molecule has 1 aromatic carbocycles. The predicted octanol–water partition coefficient (Wildman–Crippen LogP) is 1.88. The van der Waals surface area contributed by atoms with E-state index in [1.807, 2.05) is 17.0 Å². The summed E-state index contributed by atoms with van der Waals surface area (Å²) in [7, 11) is 1.68. The largest absolute Gasteiger partial charge is 0.497 e. The molecule has 0 saturated carbocycles. The number of ether oxygens (including phenoxy) is 1. The zero-order chi connectivity index (χ0) is 22.1. The van der Waals surface area contributed by atoms with Gasteiger partial charge in [0.15, 0.2) is 0 Å². The fourth-order valence-corrected chi connectivity index (χ4v) is 4.46. The van der Waals surface area contributed by atoms with Crippen molar-refractivity contribution in [2.24, 2.45) is 9.98 Å². The van der Waals surface area contributed by atoms with Crippen molar-refractivity contribution in [1.82, 2.24) is 15.1 Å². The molecule has 9 nitrogen and oxygen atoms in total. The molecule has 168 valence electrons. The fraction of sp³-hybridized carbons (Fsp3) is 0.435. The molecule has 0 atom stereocenters. The Labute approximate surface area is 187 Å². The van der Waals surface area contributed by atoms with E-state index in [0.717, 1.165) is 50.9 Å². The first-order valence-electron chi connectivity index (χ1n) is 11.0. The van der Waals surface area contributed by atoms with Gasteiger partial charge in [0.05, 0.1) is 24.8 Å². The van der Waals surface area contributed by atoms with Crippen LogP contribution in [-0.4, -0.2) is 87.3 Å². The molecule has 1 amide bonds. The van der Waals surface area contributed by atoms with Crippen LogP contribution in [-0.2, 0) is 0 Å². The lowest BCUT2D eigenvalue weighted by Crippen LogP contribution is -2.48. The maximum absolute atomic E-state index is 13.0. The number of nitrogens with one attached hydrogen (secondary N) is 1. The van der Waals surface area contributed by atoms with Crippen LogP contribution >= 0.6 is 0 Å². The molecule has 0 bridgehead atoms. The Morgan fingerprint density at radius 3 is 2.69 bits per heavy atom. The molecule has 1 N–H and O–H groups in total. The molecule has 0 spiro atoms. The highest BCUT2D eigenvalue weighted by Gasteiger charge is 2.33. The lowest BCUT2D eigenvalue weighted by Gasteiger charge is -2.36. The van der Waals surface area contributed by atoms with Crippen LogP contribution in [0.1, 0.15) is 21.7 Å². The van der Waals surface area contributed by atoms with Gasteiger partial charge in [-0.3, -0.25) is 14.7 Å². The number of amides is 1. The normalized spacial score (nSPS) is 17.8. The van der Waals surface area contributed by atoms with Gasteiger partial charge in [0, 0.05) is 51.5 Å². The minimum atomic E-state index is -0.129. The molecule has 0 unspecified atom stereocenters. The first-order valence-corrected chi connectivity index (χ1v) is 11.0. The Morgan fingerprint density at radius 2 is 1.94 bits per heavy atom. The number of carbonyl (C=O) groups excluding carboxylic acids is 1. The zero-order valence-electron chi connectivity index (χ0n) is 18.5. The summed E-state index contributed by atoms with van der Waals surface area (Å²) in [4.78, 5) is 28.6. The van der Waals surface area contributed by atoms with Gasteiger partial charge in [0.25, 0.3) is 5.91 Å². The Morgan fingerprint density at radius 1 is 1.16 bits per heavy atom. The standard InChI is InChI=1S/C23H28N6O3/c1-16-19(20-21-24-8-10-29(21)15-26-23(20)32-16)22(30)25-7-9-27-11-13-28(14-12-27)17-3-5-18(31-2)6-4-17/h3-6,15H,7-14H2,1-2H3,(H,25,30). The Kier molecular flexibility index (Phi) is 5.57. The first kappa shape index (κ1) is 20.6. The average molecular weight is 437 g/mol. The van der Waals surface area contributed by atoms with Crippen LogP contribution in [0.5, 0.6) is 5.75 Å². The van der Waals surface area contributed by atoms with E-state index in [4.69, 9.17) is 9.15 Å². The summed E-state index contributed by atoms with van der Waals surface area (Å²) >= 11 is 0. The number of aliphatic imine (C=N–C) groups is 2. The Balaban J connectivity index is 1.14. The van der Waals surface area contributed by atoms with Gasteiger partial charge in [-0.1, -0.05) is 0 Å². The second kappa shape index (κ2) is 8.66. The van der Waals surface area contributed by atoms with E-state index in [-0.39, 0.29) is 5.91 Å². The van der Waals surface area contributed by atoms with E-state index < -0.39 is 0 Å². The number of aryl methyl sites for hydroxylation is 1. The molecule has 9 heteroatoms. The Hall–Kier alpha value is -3.33. The maximum Gasteiger partial charge on any atom is 0.255 e. The van der Waals surface area contributed by atoms with Gasteiger partial charge >= 0.3 is 0 Å². The van der Waals surface area contributed by atoms with Crippen LogP contribution in [0.4, 0.5) is 11.6 Å². The van der Waals surface area contributed by atoms with Gasteiger partial charge in [-0.2, -0.15) is 0 Å². The average Bonchev–Trinajstić information content (AvgIpc) is 3.43. The van der Waals surface area contributed by atoms with Gasteiger partial charge in [0.2, 0.25) is 5.88 Å². The highest BCUT2D eigenvalue weighted by atomic mass is 16.5.